The number of imide groups is 2. The molecule has 27 heavy (non-hydrogen) atoms. The third kappa shape index (κ3) is 2.86. The first-order valence-corrected chi connectivity index (χ1v) is 8.56. The second-order valence-corrected chi connectivity index (χ2v) is 6.42. The van der Waals surface area contributed by atoms with Gasteiger partial charge in [-0.05, 0) is 12.1 Å². The van der Waals surface area contributed by atoms with Gasteiger partial charge in [-0.3, -0.25) is 34.8 Å². The summed E-state index contributed by atoms with van der Waals surface area (Å²) in [5, 5.41) is 4.74. The van der Waals surface area contributed by atoms with E-state index in [2.05, 4.69) is 5.32 Å². The summed E-state index contributed by atoms with van der Waals surface area (Å²) in [4.78, 5) is 50.3. The lowest BCUT2D eigenvalue weighted by atomic mass is 10.1. The second kappa shape index (κ2) is 6.71. The molecule has 0 spiro atoms. The minimum Gasteiger partial charge on any atom is -0.356 e. The quantitative estimate of drug-likeness (QED) is 0.707. The van der Waals surface area contributed by atoms with Gasteiger partial charge in [0.05, 0.1) is 24.3 Å². The summed E-state index contributed by atoms with van der Waals surface area (Å²) in [6.07, 6.45) is -3.38. The first-order chi connectivity index (χ1) is 13.0. The van der Waals surface area contributed by atoms with Crippen LogP contribution in [0.3, 0.4) is 0 Å². The highest BCUT2D eigenvalue weighted by atomic mass is 19.1. The molecule has 3 aliphatic heterocycles. The first kappa shape index (κ1) is 17.6. The third-order valence-corrected chi connectivity index (χ3v) is 4.85. The van der Waals surface area contributed by atoms with Crippen LogP contribution in [0.2, 0.25) is 0 Å². The number of rotatable bonds is 4. The van der Waals surface area contributed by atoms with Crippen molar-refractivity contribution in [1.82, 2.24) is 20.4 Å². The Labute approximate surface area is 153 Å². The Morgan fingerprint density at radius 3 is 2.44 bits per heavy atom. The van der Waals surface area contributed by atoms with Crippen LogP contribution < -0.4 is 10.6 Å². The molecule has 4 rings (SSSR count). The maximum atomic E-state index is 14.1. The van der Waals surface area contributed by atoms with E-state index in [1.807, 2.05) is 5.32 Å². The van der Waals surface area contributed by atoms with Gasteiger partial charge in [0, 0.05) is 13.0 Å². The fraction of sp³-hybridized carbons (Fsp3) is 0.412. The molecule has 0 saturated carbocycles. The monoisotopic (exact) mass is 376 g/mol. The standard InChI is InChI=1S/C17H17FN4O5/c18-12-13-19-6-5-11(22(13)17(26)20-14(12)23)27-8-7-21-15(24)9-3-1-2-4-10(9)16(21)25/h1-4,11-13,19H,5-8H2,(H,20,23,26)/t11-,12+,13+/m1/s1. The number of urea groups is 1. The third-order valence-electron chi connectivity index (χ3n) is 4.85. The molecule has 1 aromatic rings. The van der Waals surface area contributed by atoms with Gasteiger partial charge in [0.15, 0.2) is 0 Å². The van der Waals surface area contributed by atoms with Crippen molar-refractivity contribution in [2.24, 2.45) is 0 Å². The number of carbonyl (C=O) groups is 4. The van der Waals surface area contributed by atoms with E-state index in [9.17, 15) is 23.6 Å². The van der Waals surface area contributed by atoms with E-state index in [1.165, 1.54) is 0 Å². The largest absolute Gasteiger partial charge is 0.356 e. The topological polar surface area (TPSA) is 108 Å². The van der Waals surface area contributed by atoms with Crippen molar-refractivity contribution in [2.45, 2.75) is 25.0 Å². The number of nitrogens with one attached hydrogen (secondary N) is 2. The summed E-state index contributed by atoms with van der Waals surface area (Å²) in [5.41, 5.74) is 0.692. The number of ether oxygens (including phenoxy) is 1. The van der Waals surface area contributed by atoms with Crippen molar-refractivity contribution in [3.05, 3.63) is 35.4 Å². The number of fused-ring (bicyclic) bond motifs is 2. The Bertz CT molecular complexity index is 796. The van der Waals surface area contributed by atoms with E-state index in [0.717, 1.165) is 9.80 Å². The summed E-state index contributed by atoms with van der Waals surface area (Å²) < 4.78 is 19.7. The highest BCUT2D eigenvalue weighted by Crippen LogP contribution is 2.24. The summed E-state index contributed by atoms with van der Waals surface area (Å²) in [5.74, 6) is -1.78. The van der Waals surface area contributed by atoms with Gasteiger partial charge in [-0.25, -0.2) is 9.18 Å². The molecule has 0 aliphatic carbocycles. The zero-order valence-electron chi connectivity index (χ0n) is 14.2. The van der Waals surface area contributed by atoms with E-state index in [0.29, 0.717) is 24.1 Å². The smallest absolute Gasteiger partial charge is 0.327 e. The number of hydrogen-bond acceptors (Lipinski definition) is 6. The van der Waals surface area contributed by atoms with Crippen molar-refractivity contribution in [3.8, 4) is 0 Å². The van der Waals surface area contributed by atoms with Crippen molar-refractivity contribution in [3.63, 3.8) is 0 Å². The van der Waals surface area contributed by atoms with Gasteiger partial charge in [-0.1, -0.05) is 12.1 Å². The highest BCUT2D eigenvalue weighted by Gasteiger charge is 2.47. The predicted molar refractivity (Wildman–Crippen MR) is 88.2 cm³/mol. The van der Waals surface area contributed by atoms with Crippen LogP contribution in [0.1, 0.15) is 27.1 Å². The number of alkyl halides is 1. The molecule has 3 atom stereocenters. The molecule has 0 unspecified atom stereocenters. The molecular weight excluding hydrogens is 359 g/mol. The fourth-order valence-corrected chi connectivity index (χ4v) is 3.54. The fourth-order valence-electron chi connectivity index (χ4n) is 3.54. The van der Waals surface area contributed by atoms with E-state index in [-0.39, 0.29) is 13.2 Å². The van der Waals surface area contributed by atoms with E-state index in [4.69, 9.17) is 4.74 Å². The molecule has 142 valence electrons. The average molecular weight is 376 g/mol. The summed E-state index contributed by atoms with van der Waals surface area (Å²) in [6, 6.07) is 5.80. The molecule has 0 radical (unpaired) electrons. The van der Waals surface area contributed by atoms with Crippen LogP contribution in [0.15, 0.2) is 24.3 Å². The molecule has 10 heteroatoms. The molecule has 2 N–H and O–H groups in total. The minimum absolute atomic E-state index is 0.00832. The molecular formula is C17H17FN4O5. The van der Waals surface area contributed by atoms with Gasteiger partial charge >= 0.3 is 6.03 Å². The molecule has 1 aromatic carbocycles. The van der Waals surface area contributed by atoms with Crippen LogP contribution >= 0.6 is 0 Å². The minimum atomic E-state index is -1.90. The number of nitrogens with zero attached hydrogens (tertiary/aromatic N) is 2. The van der Waals surface area contributed by atoms with Gasteiger partial charge < -0.3 is 4.74 Å². The van der Waals surface area contributed by atoms with Crippen LogP contribution in [0, 0.1) is 0 Å². The molecule has 2 fully saturated rings. The number of carbonyl (C=O) groups excluding carboxylic acids is 4. The molecule has 2 saturated heterocycles. The average Bonchev–Trinajstić information content (AvgIpc) is 2.91. The predicted octanol–water partition coefficient (Wildman–Crippen LogP) is -0.165. The zero-order chi connectivity index (χ0) is 19.1. The summed E-state index contributed by atoms with van der Waals surface area (Å²) >= 11 is 0. The van der Waals surface area contributed by atoms with Crippen molar-refractivity contribution < 1.29 is 28.3 Å². The SMILES string of the molecule is O=C1NC(=O)N2[C@H](NCC[C@H]2OCCN2C(=O)c3ccccc3C2=O)[C@@H]1F. The highest BCUT2D eigenvalue weighted by molar-refractivity contribution is 6.21. The maximum absolute atomic E-state index is 14.1. The molecule has 3 aliphatic rings. The lowest BCUT2D eigenvalue weighted by molar-refractivity contribution is -0.141. The van der Waals surface area contributed by atoms with Gasteiger partial charge in [-0.2, -0.15) is 0 Å². The summed E-state index contributed by atoms with van der Waals surface area (Å²) in [6.45, 7) is 0.353. The normalized spacial score (nSPS) is 27.5. The lowest BCUT2D eigenvalue weighted by Crippen LogP contribution is -2.71. The Balaban J connectivity index is 1.39. The molecule has 0 aromatic heterocycles. The maximum Gasteiger partial charge on any atom is 0.327 e. The van der Waals surface area contributed by atoms with Crippen LogP contribution in [0.5, 0.6) is 0 Å². The first-order valence-electron chi connectivity index (χ1n) is 8.56. The molecule has 0 bridgehead atoms. The molecule has 5 amide bonds. The van der Waals surface area contributed by atoms with E-state index in [1.54, 1.807) is 24.3 Å². The number of halogens is 1. The van der Waals surface area contributed by atoms with Gasteiger partial charge in [0.25, 0.3) is 17.7 Å². The van der Waals surface area contributed by atoms with Crippen LogP contribution in [0.25, 0.3) is 0 Å². The number of amides is 5. The second-order valence-electron chi connectivity index (χ2n) is 6.42. The Hall–Kier alpha value is -2.85. The number of hydrogen-bond donors (Lipinski definition) is 2. The van der Waals surface area contributed by atoms with Crippen molar-refractivity contribution >= 4 is 23.8 Å². The van der Waals surface area contributed by atoms with Gasteiger partial charge in [-0.15, -0.1) is 0 Å². The van der Waals surface area contributed by atoms with Gasteiger partial charge in [0.2, 0.25) is 6.17 Å². The van der Waals surface area contributed by atoms with Crippen LogP contribution in [0.4, 0.5) is 9.18 Å². The number of benzene rings is 1. The Morgan fingerprint density at radius 1 is 1.11 bits per heavy atom. The Morgan fingerprint density at radius 2 is 1.78 bits per heavy atom. The Kier molecular flexibility index (Phi) is 4.36. The van der Waals surface area contributed by atoms with Gasteiger partial charge in [0.1, 0.15) is 12.4 Å². The molecule has 9 nitrogen and oxygen atoms in total. The zero-order valence-corrected chi connectivity index (χ0v) is 14.2. The van der Waals surface area contributed by atoms with E-state index >= 15 is 0 Å². The molecule has 3 heterocycles. The van der Waals surface area contributed by atoms with Crippen molar-refractivity contribution in [1.29, 1.82) is 0 Å². The van der Waals surface area contributed by atoms with Crippen molar-refractivity contribution in [2.75, 3.05) is 19.7 Å². The lowest BCUT2D eigenvalue weighted by Gasteiger charge is -2.45. The van der Waals surface area contributed by atoms with E-state index < -0.39 is 42.3 Å². The van der Waals surface area contributed by atoms with Crippen LogP contribution in [-0.4, -0.2) is 71.8 Å². The summed E-state index contributed by atoms with van der Waals surface area (Å²) in [7, 11) is 0. The van der Waals surface area contributed by atoms with Crippen LogP contribution in [-0.2, 0) is 9.53 Å².